The van der Waals surface area contributed by atoms with E-state index in [0.717, 1.165) is 26.1 Å². The van der Waals surface area contributed by atoms with Gasteiger partial charge in [0.25, 0.3) is 0 Å². The number of rotatable bonds is 4. The summed E-state index contributed by atoms with van der Waals surface area (Å²) in [5, 5.41) is 0. The third-order valence-electron chi connectivity index (χ3n) is 3.34. The van der Waals surface area contributed by atoms with Gasteiger partial charge in [0, 0.05) is 26.7 Å². The fraction of sp³-hybridized carbons (Fsp3) is 0.500. The Bertz CT molecular complexity index is 402. The van der Waals surface area contributed by atoms with Gasteiger partial charge in [0.2, 0.25) is 0 Å². The summed E-state index contributed by atoms with van der Waals surface area (Å²) in [5.74, 6) is -0.290. The molecular weight excluding hydrogens is 230 g/mol. The molecule has 1 aliphatic rings. The van der Waals surface area contributed by atoms with Crippen LogP contribution in [0.3, 0.4) is 0 Å². The molecule has 0 aromatic heterocycles. The molecule has 0 spiro atoms. The Hall–Kier alpha value is -1.39. The Morgan fingerprint density at radius 2 is 2.06 bits per heavy atom. The Kier molecular flexibility index (Phi) is 4.33. The Labute approximate surface area is 107 Å². The minimum atomic E-state index is -0.290. The highest BCUT2D eigenvalue weighted by molar-refractivity contribution is 5.89. The number of carbonyl (C=O) groups excluding carboxylic acids is 1. The van der Waals surface area contributed by atoms with Crippen LogP contribution in [0.4, 0.5) is 0 Å². The largest absolute Gasteiger partial charge is 0.465 e. The summed E-state index contributed by atoms with van der Waals surface area (Å²) < 4.78 is 10.0. The minimum absolute atomic E-state index is 0.290. The quantitative estimate of drug-likeness (QED) is 0.761. The van der Waals surface area contributed by atoms with Crippen molar-refractivity contribution in [1.82, 2.24) is 4.90 Å². The van der Waals surface area contributed by atoms with Crippen LogP contribution in [0.5, 0.6) is 0 Å². The van der Waals surface area contributed by atoms with Crippen LogP contribution in [0.1, 0.15) is 22.3 Å². The van der Waals surface area contributed by atoms with Crippen molar-refractivity contribution in [1.29, 1.82) is 0 Å². The molecule has 18 heavy (non-hydrogen) atoms. The van der Waals surface area contributed by atoms with E-state index >= 15 is 0 Å². The maximum atomic E-state index is 11.3. The molecule has 0 radical (unpaired) electrons. The lowest BCUT2D eigenvalue weighted by Crippen LogP contribution is -2.22. The van der Waals surface area contributed by atoms with Crippen LogP contribution < -0.4 is 0 Å². The van der Waals surface area contributed by atoms with Crippen molar-refractivity contribution < 1.29 is 14.3 Å². The van der Waals surface area contributed by atoms with Gasteiger partial charge in [-0.3, -0.25) is 4.90 Å². The SMILES string of the molecule is COC(=O)c1ccc(CN2CCC(OC)C2)cc1. The first-order valence-electron chi connectivity index (χ1n) is 6.15. The van der Waals surface area contributed by atoms with Crippen molar-refractivity contribution >= 4 is 5.97 Å². The molecule has 1 fully saturated rings. The van der Waals surface area contributed by atoms with Gasteiger partial charge in [-0.05, 0) is 24.1 Å². The number of esters is 1. The summed E-state index contributed by atoms with van der Waals surface area (Å²) in [6.07, 6.45) is 1.45. The van der Waals surface area contributed by atoms with Gasteiger partial charge < -0.3 is 9.47 Å². The third-order valence-corrected chi connectivity index (χ3v) is 3.34. The van der Waals surface area contributed by atoms with Crippen LogP contribution in [0.15, 0.2) is 24.3 Å². The van der Waals surface area contributed by atoms with E-state index in [0.29, 0.717) is 11.7 Å². The van der Waals surface area contributed by atoms with Gasteiger partial charge in [-0.2, -0.15) is 0 Å². The van der Waals surface area contributed by atoms with E-state index in [1.165, 1.54) is 12.7 Å². The molecule has 0 bridgehead atoms. The van der Waals surface area contributed by atoms with Crippen molar-refractivity contribution in [2.24, 2.45) is 0 Å². The monoisotopic (exact) mass is 249 g/mol. The van der Waals surface area contributed by atoms with Crippen LogP contribution in [0.2, 0.25) is 0 Å². The highest BCUT2D eigenvalue weighted by Crippen LogP contribution is 2.15. The molecule has 2 rings (SSSR count). The second kappa shape index (κ2) is 5.98. The lowest BCUT2D eigenvalue weighted by Gasteiger charge is -2.15. The number of nitrogens with zero attached hydrogens (tertiary/aromatic N) is 1. The molecule has 98 valence electrons. The van der Waals surface area contributed by atoms with Crippen LogP contribution in [0, 0.1) is 0 Å². The van der Waals surface area contributed by atoms with Crippen molar-refractivity contribution in [2.75, 3.05) is 27.3 Å². The third kappa shape index (κ3) is 3.09. The van der Waals surface area contributed by atoms with Crippen LogP contribution >= 0.6 is 0 Å². The molecule has 1 aromatic carbocycles. The zero-order valence-corrected chi connectivity index (χ0v) is 10.9. The van der Waals surface area contributed by atoms with E-state index < -0.39 is 0 Å². The first-order valence-corrected chi connectivity index (χ1v) is 6.15. The lowest BCUT2D eigenvalue weighted by atomic mass is 10.1. The molecule has 1 saturated heterocycles. The van der Waals surface area contributed by atoms with Crippen LogP contribution in [-0.4, -0.2) is 44.3 Å². The second-order valence-corrected chi connectivity index (χ2v) is 4.57. The van der Waals surface area contributed by atoms with Crippen LogP contribution in [0.25, 0.3) is 0 Å². The fourth-order valence-electron chi connectivity index (χ4n) is 2.26. The molecule has 4 heteroatoms. The minimum Gasteiger partial charge on any atom is -0.465 e. The molecule has 4 nitrogen and oxygen atoms in total. The van der Waals surface area contributed by atoms with Crippen molar-refractivity contribution in [3.05, 3.63) is 35.4 Å². The highest BCUT2D eigenvalue weighted by Gasteiger charge is 2.21. The molecule has 1 aliphatic heterocycles. The maximum Gasteiger partial charge on any atom is 0.337 e. The number of carbonyl (C=O) groups is 1. The van der Waals surface area contributed by atoms with E-state index in [9.17, 15) is 4.79 Å². The topological polar surface area (TPSA) is 38.8 Å². The number of hydrogen-bond donors (Lipinski definition) is 0. The number of benzene rings is 1. The smallest absolute Gasteiger partial charge is 0.337 e. The Balaban J connectivity index is 1.92. The summed E-state index contributed by atoms with van der Waals surface area (Å²) in [6.45, 7) is 2.95. The number of methoxy groups -OCH3 is 2. The highest BCUT2D eigenvalue weighted by atomic mass is 16.5. The number of likely N-dealkylation sites (tertiary alicyclic amines) is 1. The predicted molar refractivity (Wildman–Crippen MR) is 68.5 cm³/mol. The zero-order chi connectivity index (χ0) is 13.0. The Morgan fingerprint density at radius 3 is 2.61 bits per heavy atom. The fourth-order valence-corrected chi connectivity index (χ4v) is 2.26. The summed E-state index contributed by atoms with van der Waals surface area (Å²) in [4.78, 5) is 13.7. The maximum absolute atomic E-state index is 11.3. The first-order chi connectivity index (χ1) is 8.72. The summed E-state index contributed by atoms with van der Waals surface area (Å²) in [6, 6.07) is 7.58. The van der Waals surface area contributed by atoms with E-state index in [1.54, 1.807) is 7.11 Å². The normalized spacial score (nSPS) is 20.0. The molecular formula is C14H19NO3. The summed E-state index contributed by atoms with van der Waals surface area (Å²) in [5.41, 5.74) is 1.80. The molecule has 0 N–H and O–H groups in total. The van der Waals surface area contributed by atoms with E-state index in [2.05, 4.69) is 9.64 Å². The van der Waals surface area contributed by atoms with Crippen molar-refractivity contribution in [2.45, 2.75) is 19.1 Å². The van der Waals surface area contributed by atoms with Gasteiger partial charge in [0.15, 0.2) is 0 Å². The zero-order valence-electron chi connectivity index (χ0n) is 10.9. The standard InChI is InChI=1S/C14H19NO3/c1-17-13-7-8-15(10-13)9-11-3-5-12(6-4-11)14(16)18-2/h3-6,13H,7-10H2,1-2H3. The van der Waals surface area contributed by atoms with E-state index in [4.69, 9.17) is 4.74 Å². The predicted octanol–water partition coefficient (Wildman–Crippen LogP) is 1.69. The van der Waals surface area contributed by atoms with Gasteiger partial charge >= 0.3 is 5.97 Å². The van der Waals surface area contributed by atoms with Crippen molar-refractivity contribution in [3.63, 3.8) is 0 Å². The summed E-state index contributed by atoms with van der Waals surface area (Å²) >= 11 is 0. The van der Waals surface area contributed by atoms with Crippen molar-refractivity contribution in [3.8, 4) is 0 Å². The molecule has 0 aliphatic carbocycles. The van der Waals surface area contributed by atoms with E-state index in [1.807, 2.05) is 24.3 Å². The Morgan fingerprint density at radius 1 is 1.33 bits per heavy atom. The summed E-state index contributed by atoms with van der Waals surface area (Å²) in [7, 11) is 3.16. The van der Waals surface area contributed by atoms with Gasteiger partial charge in [-0.1, -0.05) is 12.1 Å². The van der Waals surface area contributed by atoms with E-state index in [-0.39, 0.29) is 5.97 Å². The molecule has 1 unspecified atom stereocenters. The van der Waals surface area contributed by atoms with Gasteiger partial charge in [0.1, 0.15) is 0 Å². The number of hydrogen-bond acceptors (Lipinski definition) is 4. The molecule has 0 saturated carbocycles. The molecule has 1 atom stereocenters. The average molecular weight is 249 g/mol. The second-order valence-electron chi connectivity index (χ2n) is 4.57. The molecule has 0 amide bonds. The van der Waals surface area contributed by atoms with Gasteiger partial charge in [-0.25, -0.2) is 4.79 Å². The van der Waals surface area contributed by atoms with Gasteiger partial charge in [0.05, 0.1) is 18.8 Å². The number of ether oxygens (including phenoxy) is 2. The van der Waals surface area contributed by atoms with Gasteiger partial charge in [-0.15, -0.1) is 0 Å². The lowest BCUT2D eigenvalue weighted by molar-refractivity contribution is 0.0600. The van der Waals surface area contributed by atoms with Crippen LogP contribution in [-0.2, 0) is 16.0 Å². The first kappa shape index (κ1) is 13.1. The molecule has 1 aromatic rings. The molecule has 1 heterocycles. The average Bonchev–Trinajstić information content (AvgIpc) is 2.86.